The molecule has 0 spiro atoms. The second-order valence-electron chi connectivity index (χ2n) is 4.27. The van der Waals surface area contributed by atoms with Crippen LogP contribution in [0.2, 0.25) is 0 Å². The molecule has 0 saturated heterocycles. The van der Waals surface area contributed by atoms with Crippen LogP contribution in [0.5, 0.6) is 0 Å². The van der Waals surface area contributed by atoms with Gasteiger partial charge in [-0.25, -0.2) is 9.67 Å². The average molecular weight is 302 g/mol. The van der Waals surface area contributed by atoms with Gasteiger partial charge < -0.3 is 10.6 Å². The lowest BCUT2D eigenvalue weighted by Gasteiger charge is -2.06. The number of fused-ring (bicyclic) bond motifs is 1. The monoisotopic (exact) mass is 302 g/mol. The fraction of sp³-hybridized carbons (Fsp3) is 0.231. The van der Waals surface area contributed by atoms with Crippen LogP contribution >= 0.6 is 11.3 Å². The zero-order valence-electron chi connectivity index (χ0n) is 11.6. The fourth-order valence-corrected chi connectivity index (χ4v) is 2.70. The lowest BCUT2D eigenvalue weighted by atomic mass is 10.4. The molecule has 108 valence electrons. The van der Waals surface area contributed by atoms with E-state index in [0.717, 1.165) is 16.8 Å². The van der Waals surface area contributed by atoms with Crippen molar-refractivity contribution in [1.29, 1.82) is 0 Å². The van der Waals surface area contributed by atoms with Gasteiger partial charge in [-0.05, 0) is 24.4 Å². The van der Waals surface area contributed by atoms with E-state index in [4.69, 9.17) is 0 Å². The maximum absolute atomic E-state index is 11.6. The van der Waals surface area contributed by atoms with E-state index < -0.39 is 0 Å². The van der Waals surface area contributed by atoms with Crippen LogP contribution in [0.1, 0.15) is 17.4 Å². The summed E-state index contributed by atoms with van der Waals surface area (Å²) in [6.45, 7) is 2.72. The number of hydrogen-bond acceptors (Lipinski definition) is 6. The van der Waals surface area contributed by atoms with Crippen LogP contribution in [0.3, 0.4) is 0 Å². The maximum Gasteiger partial charge on any atom is 0.271 e. The van der Waals surface area contributed by atoms with Crippen molar-refractivity contribution in [2.75, 3.05) is 18.9 Å². The standard InChI is InChI=1S/C13H14N6OS/c1-3-15-13-16-10(8-5-7-21-12(8)17-13)19-6-4-9(18-19)11(20)14-2/h4-7H,3H2,1-2H3,(H,14,20)(H,15,16,17). The Morgan fingerprint density at radius 3 is 3.00 bits per heavy atom. The third kappa shape index (κ3) is 2.45. The van der Waals surface area contributed by atoms with Gasteiger partial charge in [0.15, 0.2) is 11.5 Å². The third-order valence-electron chi connectivity index (χ3n) is 2.91. The van der Waals surface area contributed by atoms with E-state index in [-0.39, 0.29) is 5.91 Å². The minimum Gasteiger partial charge on any atom is -0.354 e. The maximum atomic E-state index is 11.6. The van der Waals surface area contributed by atoms with E-state index in [2.05, 4.69) is 25.7 Å². The van der Waals surface area contributed by atoms with Crippen molar-refractivity contribution in [3.8, 4) is 5.82 Å². The molecule has 8 heteroatoms. The predicted molar refractivity (Wildman–Crippen MR) is 82.1 cm³/mol. The molecular weight excluding hydrogens is 288 g/mol. The minimum atomic E-state index is -0.226. The SMILES string of the molecule is CCNc1nc(-n2ccc(C(=O)NC)n2)c2ccsc2n1. The summed E-state index contributed by atoms with van der Waals surface area (Å²) in [6.07, 6.45) is 1.72. The first kappa shape index (κ1) is 13.5. The van der Waals surface area contributed by atoms with E-state index in [9.17, 15) is 4.79 Å². The molecule has 3 heterocycles. The highest BCUT2D eigenvalue weighted by atomic mass is 32.1. The van der Waals surface area contributed by atoms with Crippen LogP contribution < -0.4 is 10.6 Å². The van der Waals surface area contributed by atoms with Crippen LogP contribution in [0.15, 0.2) is 23.7 Å². The molecule has 0 aliphatic rings. The second kappa shape index (κ2) is 5.49. The molecule has 0 bridgehead atoms. The predicted octanol–water partition coefficient (Wildman–Crippen LogP) is 1.67. The Kier molecular flexibility index (Phi) is 3.53. The molecule has 2 N–H and O–H groups in total. The molecular formula is C13H14N6OS. The second-order valence-corrected chi connectivity index (χ2v) is 5.16. The number of nitrogens with zero attached hydrogens (tertiary/aromatic N) is 4. The van der Waals surface area contributed by atoms with Gasteiger partial charge in [0.05, 0.1) is 5.39 Å². The van der Waals surface area contributed by atoms with Crippen LogP contribution in [0.4, 0.5) is 5.95 Å². The Balaban J connectivity index is 2.12. The van der Waals surface area contributed by atoms with Gasteiger partial charge in [0.1, 0.15) is 4.83 Å². The Labute approximate surface area is 125 Å². The molecule has 0 saturated carbocycles. The molecule has 1 amide bonds. The van der Waals surface area contributed by atoms with Crippen molar-refractivity contribution >= 4 is 33.4 Å². The van der Waals surface area contributed by atoms with E-state index >= 15 is 0 Å². The highest BCUT2D eigenvalue weighted by Gasteiger charge is 2.13. The number of carbonyl (C=O) groups excluding carboxylic acids is 1. The number of anilines is 1. The van der Waals surface area contributed by atoms with E-state index in [0.29, 0.717) is 17.5 Å². The topological polar surface area (TPSA) is 84.7 Å². The van der Waals surface area contributed by atoms with Gasteiger partial charge in [0.25, 0.3) is 5.91 Å². The van der Waals surface area contributed by atoms with E-state index in [1.807, 2.05) is 18.4 Å². The van der Waals surface area contributed by atoms with Gasteiger partial charge in [0.2, 0.25) is 5.95 Å². The highest BCUT2D eigenvalue weighted by molar-refractivity contribution is 7.16. The molecule has 3 aromatic heterocycles. The molecule has 3 rings (SSSR count). The van der Waals surface area contributed by atoms with Crippen LogP contribution in [0.25, 0.3) is 16.0 Å². The molecule has 0 unspecified atom stereocenters. The molecule has 0 radical (unpaired) electrons. The summed E-state index contributed by atoms with van der Waals surface area (Å²) in [5.74, 6) is 0.989. The first-order valence-electron chi connectivity index (χ1n) is 6.50. The van der Waals surface area contributed by atoms with Gasteiger partial charge in [-0.2, -0.15) is 10.1 Å². The number of carbonyl (C=O) groups is 1. The summed E-state index contributed by atoms with van der Waals surface area (Å²) in [7, 11) is 1.58. The summed E-state index contributed by atoms with van der Waals surface area (Å²) in [5.41, 5.74) is 0.351. The molecule has 0 aliphatic carbocycles. The first-order valence-corrected chi connectivity index (χ1v) is 7.38. The summed E-state index contributed by atoms with van der Waals surface area (Å²) >= 11 is 1.54. The molecule has 21 heavy (non-hydrogen) atoms. The number of hydrogen-bond donors (Lipinski definition) is 2. The van der Waals surface area contributed by atoms with Crippen molar-refractivity contribution in [1.82, 2.24) is 25.1 Å². The number of amides is 1. The normalized spacial score (nSPS) is 10.8. The van der Waals surface area contributed by atoms with Gasteiger partial charge in [-0.15, -0.1) is 11.3 Å². The zero-order chi connectivity index (χ0) is 14.8. The van der Waals surface area contributed by atoms with Crippen molar-refractivity contribution in [2.45, 2.75) is 6.92 Å². The van der Waals surface area contributed by atoms with Gasteiger partial charge in [-0.3, -0.25) is 4.79 Å². The quantitative estimate of drug-likeness (QED) is 0.766. The van der Waals surface area contributed by atoms with Crippen molar-refractivity contribution in [3.05, 3.63) is 29.4 Å². The van der Waals surface area contributed by atoms with E-state index in [1.54, 1.807) is 35.3 Å². The molecule has 0 atom stereocenters. The highest BCUT2D eigenvalue weighted by Crippen LogP contribution is 2.25. The molecule has 3 aromatic rings. The van der Waals surface area contributed by atoms with Crippen LogP contribution in [0, 0.1) is 0 Å². The average Bonchev–Trinajstić information content (AvgIpc) is 3.14. The summed E-state index contributed by atoms with van der Waals surface area (Å²) < 4.78 is 1.60. The van der Waals surface area contributed by atoms with Crippen molar-refractivity contribution in [3.63, 3.8) is 0 Å². The van der Waals surface area contributed by atoms with Gasteiger partial charge >= 0.3 is 0 Å². The Bertz CT molecular complexity index is 793. The van der Waals surface area contributed by atoms with Crippen LogP contribution in [-0.4, -0.2) is 39.2 Å². The summed E-state index contributed by atoms with van der Waals surface area (Å²) in [6, 6.07) is 3.61. The first-order chi connectivity index (χ1) is 10.2. The van der Waals surface area contributed by atoms with Crippen molar-refractivity contribution < 1.29 is 4.79 Å². The third-order valence-corrected chi connectivity index (χ3v) is 3.71. The number of aromatic nitrogens is 4. The minimum absolute atomic E-state index is 0.226. The summed E-state index contributed by atoms with van der Waals surface area (Å²) in [4.78, 5) is 21.4. The number of thiophene rings is 1. The number of nitrogens with one attached hydrogen (secondary N) is 2. The zero-order valence-corrected chi connectivity index (χ0v) is 12.4. The lowest BCUT2D eigenvalue weighted by molar-refractivity contribution is 0.0957. The summed E-state index contributed by atoms with van der Waals surface area (Å²) in [5, 5.41) is 12.8. The largest absolute Gasteiger partial charge is 0.354 e. The number of rotatable bonds is 4. The smallest absolute Gasteiger partial charge is 0.271 e. The Hall–Kier alpha value is -2.48. The van der Waals surface area contributed by atoms with E-state index in [1.165, 1.54) is 0 Å². The Morgan fingerprint density at radius 1 is 1.38 bits per heavy atom. The van der Waals surface area contributed by atoms with Gasteiger partial charge in [0, 0.05) is 19.8 Å². The molecule has 0 aromatic carbocycles. The molecule has 0 aliphatic heterocycles. The van der Waals surface area contributed by atoms with Crippen LogP contribution in [-0.2, 0) is 0 Å². The fourth-order valence-electron chi connectivity index (χ4n) is 1.94. The molecule has 7 nitrogen and oxygen atoms in total. The lowest BCUT2D eigenvalue weighted by Crippen LogP contribution is -2.18. The Morgan fingerprint density at radius 2 is 2.24 bits per heavy atom. The van der Waals surface area contributed by atoms with Gasteiger partial charge in [-0.1, -0.05) is 0 Å². The molecule has 0 fully saturated rings. The van der Waals surface area contributed by atoms with Crippen molar-refractivity contribution in [2.24, 2.45) is 0 Å².